The van der Waals surface area contributed by atoms with Crippen molar-refractivity contribution >= 4 is 16.5 Å². The molecule has 1 N–H and O–H groups in total. The summed E-state index contributed by atoms with van der Waals surface area (Å²) in [6.07, 6.45) is 5.99. The van der Waals surface area contributed by atoms with E-state index in [0.29, 0.717) is 0 Å². The standard InChI is InChI=1S/C14H25N3S/c1-4-15-9-13-10-16-14(18-13)17(12-5-6-12)8-7-11(2)3/h10-12,15H,4-9H2,1-3H3. The lowest BCUT2D eigenvalue weighted by Crippen LogP contribution is -2.27. The molecule has 2 rings (SSSR count). The normalized spacial score (nSPS) is 15.3. The van der Waals surface area contributed by atoms with E-state index in [1.165, 1.54) is 29.3 Å². The van der Waals surface area contributed by atoms with Crippen molar-refractivity contribution in [2.75, 3.05) is 18.0 Å². The molecule has 0 saturated heterocycles. The Labute approximate surface area is 115 Å². The Morgan fingerprint density at radius 1 is 1.50 bits per heavy atom. The predicted molar refractivity (Wildman–Crippen MR) is 79.3 cm³/mol. The Kier molecular flexibility index (Phi) is 5.01. The van der Waals surface area contributed by atoms with E-state index in [2.05, 4.69) is 36.0 Å². The van der Waals surface area contributed by atoms with Crippen molar-refractivity contribution in [2.45, 2.75) is 52.6 Å². The van der Waals surface area contributed by atoms with Crippen LogP contribution in [0.4, 0.5) is 5.13 Å². The molecular formula is C14H25N3S. The van der Waals surface area contributed by atoms with Gasteiger partial charge in [-0.15, -0.1) is 11.3 Å². The lowest BCUT2D eigenvalue weighted by Gasteiger charge is -2.22. The second-order valence-corrected chi connectivity index (χ2v) is 6.59. The van der Waals surface area contributed by atoms with E-state index in [1.54, 1.807) is 0 Å². The molecule has 0 aliphatic heterocycles. The van der Waals surface area contributed by atoms with Gasteiger partial charge in [0, 0.05) is 30.2 Å². The van der Waals surface area contributed by atoms with Gasteiger partial charge in [0.15, 0.2) is 5.13 Å². The number of hydrogen-bond acceptors (Lipinski definition) is 4. The van der Waals surface area contributed by atoms with Crippen LogP contribution < -0.4 is 10.2 Å². The minimum absolute atomic E-state index is 0.766. The fourth-order valence-electron chi connectivity index (χ4n) is 1.98. The molecule has 1 aromatic heterocycles. The molecule has 1 heterocycles. The summed E-state index contributed by atoms with van der Waals surface area (Å²) in [6, 6.07) is 0.766. The van der Waals surface area contributed by atoms with Crippen LogP contribution in [0.1, 0.15) is 44.9 Å². The fraction of sp³-hybridized carbons (Fsp3) is 0.786. The number of hydrogen-bond donors (Lipinski definition) is 1. The fourth-order valence-corrected chi connectivity index (χ4v) is 2.95. The maximum absolute atomic E-state index is 4.61. The van der Waals surface area contributed by atoms with Crippen LogP contribution in [0.15, 0.2) is 6.20 Å². The molecule has 18 heavy (non-hydrogen) atoms. The minimum Gasteiger partial charge on any atom is -0.345 e. The summed E-state index contributed by atoms with van der Waals surface area (Å²) in [5, 5.41) is 4.59. The van der Waals surface area contributed by atoms with E-state index in [0.717, 1.165) is 31.6 Å². The molecule has 1 saturated carbocycles. The van der Waals surface area contributed by atoms with Crippen LogP contribution in [0.2, 0.25) is 0 Å². The monoisotopic (exact) mass is 267 g/mol. The molecule has 0 aromatic carbocycles. The number of nitrogens with one attached hydrogen (secondary N) is 1. The molecule has 1 fully saturated rings. The second kappa shape index (κ2) is 6.53. The van der Waals surface area contributed by atoms with Gasteiger partial charge in [0.2, 0.25) is 0 Å². The Hall–Kier alpha value is -0.610. The maximum atomic E-state index is 4.61. The number of nitrogens with zero attached hydrogens (tertiary/aromatic N) is 2. The second-order valence-electron chi connectivity index (χ2n) is 5.50. The highest BCUT2D eigenvalue weighted by molar-refractivity contribution is 7.15. The van der Waals surface area contributed by atoms with E-state index in [9.17, 15) is 0 Å². The average molecular weight is 267 g/mol. The molecule has 0 unspecified atom stereocenters. The summed E-state index contributed by atoms with van der Waals surface area (Å²) in [5.74, 6) is 0.771. The quantitative estimate of drug-likeness (QED) is 0.783. The van der Waals surface area contributed by atoms with Crippen molar-refractivity contribution in [3.63, 3.8) is 0 Å². The summed E-state index contributed by atoms with van der Waals surface area (Å²) in [5.41, 5.74) is 0. The molecule has 0 bridgehead atoms. The van der Waals surface area contributed by atoms with Gasteiger partial charge in [0.1, 0.15) is 0 Å². The van der Waals surface area contributed by atoms with Crippen molar-refractivity contribution in [3.05, 3.63) is 11.1 Å². The topological polar surface area (TPSA) is 28.2 Å². The highest BCUT2D eigenvalue weighted by Gasteiger charge is 2.30. The van der Waals surface area contributed by atoms with Gasteiger partial charge in [-0.2, -0.15) is 0 Å². The Balaban J connectivity index is 1.94. The molecule has 0 amide bonds. The van der Waals surface area contributed by atoms with Crippen molar-refractivity contribution in [1.29, 1.82) is 0 Å². The number of anilines is 1. The van der Waals surface area contributed by atoms with Crippen LogP contribution >= 0.6 is 11.3 Å². The predicted octanol–water partition coefficient (Wildman–Crippen LogP) is 3.27. The van der Waals surface area contributed by atoms with Gasteiger partial charge in [0.25, 0.3) is 0 Å². The number of rotatable bonds is 8. The van der Waals surface area contributed by atoms with Gasteiger partial charge < -0.3 is 10.2 Å². The number of aromatic nitrogens is 1. The zero-order valence-corrected chi connectivity index (χ0v) is 12.6. The molecule has 102 valence electrons. The average Bonchev–Trinajstić information content (AvgIpc) is 3.06. The van der Waals surface area contributed by atoms with Crippen molar-refractivity contribution in [1.82, 2.24) is 10.3 Å². The Bertz CT molecular complexity index is 358. The lowest BCUT2D eigenvalue weighted by molar-refractivity contribution is 0.570. The first-order chi connectivity index (χ1) is 8.70. The third-order valence-electron chi connectivity index (χ3n) is 3.27. The van der Waals surface area contributed by atoms with Crippen molar-refractivity contribution < 1.29 is 0 Å². The Morgan fingerprint density at radius 3 is 2.89 bits per heavy atom. The molecule has 3 nitrogen and oxygen atoms in total. The highest BCUT2D eigenvalue weighted by Crippen LogP contribution is 2.34. The third kappa shape index (κ3) is 3.95. The van der Waals surface area contributed by atoms with Crippen molar-refractivity contribution in [2.24, 2.45) is 5.92 Å². The molecule has 1 aliphatic rings. The largest absolute Gasteiger partial charge is 0.345 e. The molecule has 1 aliphatic carbocycles. The lowest BCUT2D eigenvalue weighted by atomic mass is 10.1. The minimum atomic E-state index is 0.766. The summed E-state index contributed by atoms with van der Waals surface area (Å²) in [4.78, 5) is 8.49. The van der Waals surface area contributed by atoms with Crippen LogP contribution in [0.5, 0.6) is 0 Å². The van der Waals surface area contributed by atoms with Crippen LogP contribution in [0, 0.1) is 5.92 Å². The van der Waals surface area contributed by atoms with Crippen LogP contribution in [-0.4, -0.2) is 24.1 Å². The van der Waals surface area contributed by atoms with E-state index < -0.39 is 0 Å². The Morgan fingerprint density at radius 2 is 2.28 bits per heavy atom. The zero-order valence-electron chi connectivity index (χ0n) is 11.8. The van der Waals surface area contributed by atoms with Crippen LogP contribution in [0.25, 0.3) is 0 Å². The van der Waals surface area contributed by atoms with Crippen LogP contribution in [0.3, 0.4) is 0 Å². The van der Waals surface area contributed by atoms with Crippen LogP contribution in [-0.2, 0) is 6.54 Å². The van der Waals surface area contributed by atoms with E-state index in [-0.39, 0.29) is 0 Å². The summed E-state index contributed by atoms with van der Waals surface area (Å²) in [6.45, 7) is 9.87. The first kappa shape index (κ1) is 13.8. The third-order valence-corrected chi connectivity index (χ3v) is 4.31. The summed E-state index contributed by atoms with van der Waals surface area (Å²) < 4.78 is 0. The van der Waals surface area contributed by atoms with E-state index in [1.807, 2.05) is 17.5 Å². The number of thiazole rings is 1. The first-order valence-corrected chi connectivity index (χ1v) is 7.94. The maximum Gasteiger partial charge on any atom is 0.185 e. The van der Waals surface area contributed by atoms with Gasteiger partial charge in [-0.05, 0) is 31.7 Å². The van der Waals surface area contributed by atoms with Gasteiger partial charge >= 0.3 is 0 Å². The zero-order chi connectivity index (χ0) is 13.0. The molecular weight excluding hydrogens is 242 g/mol. The molecule has 4 heteroatoms. The van der Waals surface area contributed by atoms with E-state index >= 15 is 0 Å². The summed E-state index contributed by atoms with van der Waals surface area (Å²) in [7, 11) is 0. The molecule has 1 aromatic rings. The highest BCUT2D eigenvalue weighted by atomic mass is 32.1. The summed E-state index contributed by atoms with van der Waals surface area (Å²) >= 11 is 1.85. The smallest absolute Gasteiger partial charge is 0.185 e. The van der Waals surface area contributed by atoms with Gasteiger partial charge in [-0.1, -0.05) is 20.8 Å². The van der Waals surface area contributed by atoms with E-state index in [4.69, 9.17) is 0 Å². The van der Waals surface area contributed by atoms with Gasteiger partial charge in [-0.3, -0.25) is 0 Å². The van der Waals surface area contributed by atoms with Gasteiger partial charge in [-0.25, -0.2) is 4.98 Å². The van der Waals surface area contributed by atoms with Gasteiger partial charge in [0.05, 0.1) is 0 Å². The van der Waals surface area contributed by atoms with Crippen molar-refractivity contribution in [3.8, 4) is 0 Å². The molecule has 0 atom stereocenters. The SMILES string of the molecule is CCNCc1cnc(N(CCC(C)C)C2CC2)s1. The molecule has 0 radical (unpaired) electrons. The molecule has 0 spiro atoms. The first-order valence-electron chi connectivity index (χ1n) is 7.12.